The number of halogens is 1. The molecule has 4 aromatic rings. The Hall–Kier alpha value is -4.18. The van der Waals surface area contributed by atoms with Gasteiger partial charge in [0.15, 0.2) is 11.6 Å². The third kappa shape index (κ3) is 4.41. The van der Waals surface area contributed by atoms with E-state index in [1.165, 1.54) is 0 Å². The number of aromatic hydroxyl groups is 1. The number of urea groups is 1. The van der Waals surface area contributed by atoms with Crippen molar-refractivity contribution in [3.05, 3.63) is 59.7 Å². The second-order valence-electron chi connectivity index (χ2n) is 9.78. The van der Waals surface area contributed by atoms with Gasteiger partial charge in [-0.05, 0) is 47.7 Å². The first kappa shape index (κ1) is 24.2. The van der Waals surface area contributed by atoms with E-state index in [1.807, 2.05) is 17.9 Å². The van der Waals surface area contributed by atoms with E-state index in [0.717, 1.165) is 55.0 Å². The number of H-pyrrole nitrogens is 2. The summed E-state index contributed by atoms with van der Waals surface area (Å²) in [5.41, 5.74) is 5.01. The van der Waals surface area contributed by atoms with Gasteiger partial charge in [0.05, 0.1) is 11.9 Å². The molecule has 38 heavy (non-hydrogen) atoms. The van der Waals surface area contributed by atoms with Crippen LogP contribution in [0.1, 0.15) is 24.6 Å². The van der Waals surface area contributed by atoms with E-state index in [9.17, 15) is 9.90 Å². The number of hydrogen-bond donors (Lipinski definition) is 4. The predicted octanol–water partition coefficient (Wildman–Crippen LogP) is 4.14. The maximum atomic E-state index is 15.6. The molecule has 2 aromatic heterocycles. The Bertz CT molecular complexity index is 1540. The number of nitrogens with zero attached hydrogens (tertiary/aromatic N) is 4. The van der Waals surface area contributed by atoms with Crippen molar-refractivity contribution >= 4 is 22.5 Å². The number of fused-ring (bicyclic) bond motifs is 1. The highest BCUT2D eigenvalue weighted by atomic mass is 19.1. The van der Waals surface area contributed by atoms with Gasteiger partial charge in [-0.15, -0.1) is 0 Å². The molecule has 0 aliphatic carbocycles. The van der Waals surface area contributed by atoms with Gasteiger partial charge in [0.1, 0.15) is 17.0 Å². The number of aromatic amines is 2. The summed E-state index contributed by atoms with van der Waals surface area (Å²) in [5, 5.41) is 20.6. The van der Waals surface area contributed by atoms with Crippen LogP contribution in [-0.4, -0.2) is 80.4 Å². The molecule has 4 N–H and O–H groups in total. The lowest BCUT2D eigenvalue weighted by Crippen LogP contribution is -2.39. The summed E-state index contributed by atoms with van der Waals surface area (Å²) in [6.07, 6.45) is 5.62. The molecular weight excluding hydrogens is 485 g/mol. The van der Waals surface area contributed by atoms with Crippen LogP contribution in [-0.2, 0) is 6.42 Å². The molecule has 2 aromatic carbocycles. The summed E-state index contributed by atoms with van der Waals surface area (Å²) >= 11 is 0. The van der Waals surface area contributed by atoms with E-state index in [1.54, 1.807) is 30.5 Å². The van der Waals surface area contributed by atoms with E-state index >= 15 is 4.39 Å². The minimum Gasteiger partial charge on any atom is -0.508 e. The molecule has 196 valence electrons. The van der Waals surface area contributed by atoms with Crippen LogP contribution in [0.5, 0.6) is 5.75 Å². The molecule has 1 fully saturated rings. The number of carbonyl (C=O) groups is 1. The highest BCUT2D eigenvalue weighted by Gasteiger charge is 2.23. The smallest absolute Gasteiger partial charge is 0.317 e. The summed E-state index contributed by atoms with van der Waals surface area (Å²) in [5.74, 6) is 0.354. The van der Waals surface area contributed by atoms with Gasteiger partial charge in [0.25, 0.3) is 0 Å². The zero-order valence-corrected chi connectivity index (χ0v) is 21.2. The van der Waals surface area contributed by atoms with Crippen LogP contribution in [0.15, 0.2) is 42.6 Å². The van der Waals surface area contributed by atoms with E-state index < -0.39 is 5.82 Å². The Kier molecular flexibility index (Phi) is 6.32. The lowest BCUT2D eigenvalue weighted by molar-refractivity contribution is 0.205. The Labute approximate surface area is 219 Å². The van der Waals surface area contributed by atoms with Crippen molar-refractivity contribution in [2.45, 2.75) is 19.8 Å². The SMILES string of the molecule is CCc1cc(O)ccc1-c1ccc2c(-c3ncc(C4=CCCN(CCN5CCNC5=O)C4)[nH]3)[nH]nc2c1F. The number of phenols is 1. The van der Waals surface area contributed by atoms with E-state index in [0.29, 0.717) is 42.0 Å². The van der Waals surface area contributed by atoms with Gasteiger partial charge < -0.3 is 20.3 Å². The Morgan fingerprint density at radius 2 is 2.00 bits per heavy atom. The third-order valence-corrected chi connectivity index (χ3v) is 7.44. The van der Waals surface area contributed by atoms with E-state index in [4.69, 9.17) is 0 Å². The van der Waals surface area contributed by atoms with Crippen LogP contribution in [0.3, 0.4) is 0 Å². The largest absolute Gasteiger partial charge is 0.508 e. The average molecular weight is 516 g/mol. The molecule has 0 saturated carbocycles. The van der Waals surface area contributed by atoms with Crippen molar-refractivity contribution in [1.29, 1.82) is 0 Å². The van der Waals surface area contributed by atoms with Crippen molar-refractivity contribution in [2.75, 3.05) is 39.3 Å². The zero-order chi connectivity index (χ0) is 26.2. The summed E-state index contributed by atoms with van der Waals surface area (Å²) in [6.45, 7) is 6.70. The summed E-state index contributed by atoms with van der Waals surface area (Å²) in [7, 11) is 0. The summed E-state index contributed by atoms with van der Waals surface area (Å²) in [6, 6.07) is 8.61. The third-order valence-electron chi connectivity index (χ3n) is 7.44. The number of amides is 2. The number of benzene rings is 2. The summed E-state index contributed by atoms with van der Waals surface area (Å²) < 4.78 is 15.6. The molecule has 0 atom stereocenters. The minimum absolute atomic E-state index is 0.0141. The number of nitrogens with one attached hydrogen (secondary N) is 3. The fraction of sp³-hybridized carbons (Fsp3) is 0.321. The quantitative estimate of drug-likeness (QED) is 0.296. The Morgan fingerprint density at radius 1 is 1.13 bits per heavy atom. The van der Waals surface area contributed by atoms with Crippen LogP contribution in [0.4, 0.5) is 9.18 Å². The number of phenolic OH excluding ortho intramolecular Hbond substituents is 1. The van der Waals surface area contributed by atoms with E-state index in [2.05, 4.69) is 36.5 Å². The highest BCUT2D eigenvalue weighted by molar-refractivity contribution is 5.95. The van der Waals surface area contributed by atoms with Gasteiger partial charge in [0, 0.05) is 50.2 Å². The lowest BCUT2D eigenvalue weighted by Gasteiger charge is -2.28. The second-order valence-corrected chi connectivity index (χ2v) is 9.78. The molecule has 1 saturated heterocycles. The van der Waals surface area contributed by atoms with Crippen molar-refractivity contribution in [2.24, 2.45) is 0 Å². The monoisotopic (exact) mass is 515 g/mol. The van der Waals surface area contributed by atoms with Gasteiger partial charge >= 0.3 is 6.03 Å². The topological polar surface area (TPSA) is 113 Å². The molecule has 6 rings (SSSR count). The number of aromatic nitrogens is 4. The number of rotatable bonds is 7. The Balaban J connectivity index is 1.22. The number of carbonyl (C=O) groups excluding carboxylic acids is 1. The van der Waals surface area contributed by atoms with Crippen molar-refractivity contribution in [1.82, 2.24) is 35.3 Å². The van der Waals surface area contributed by atoms with Crippen molar-refractivity contribution in [3.63, 3.8) is 0 Å². The van der Waals surface area contributed by atoms with Crippen LogP contribution in [0.2, 0.25) is 0 Å². The van der Waals surface area contributed by atoms with Crippen molar-refractivity contribution in [3.8, 4) is 28.4 Å². The van der Waals surface area contributed by atoms with Gasteiger partial charge in [0.2, 0.25) is 0 Å². The standard InChI is InChI=1S/C28H30FN7O2/c1-2-17-14-19(37)5-6-20(17)21-7-8-22-25(24(21)29)33-34-26(22)27-31-15-23(32-27)18-4-3-10-35(16-18)12-13-36-11-9-30-28(36)38/h4-8,14-15,37H,2-3,9-13,16H2,1H3,(H,30,38)(H,31,32)(H,33,34). The molecule has 0 spiro atoms. The molecule has 9 nitrogen and oxygen atoms in total. The van der Waals surface area contributed by atoms with Crippen LogP contribution >= 0.6 is 0 Å². The Morgan fingerprint density at radius 3 is 2.82 bits per heavy atom. The lowest BCUT2D eigenvalue weighted by atomic mass is 9.96. The molecular formula is C28H30FN7O2. The molecule has 2 amide bonds. The first-order chi connectivity index (χ1) is 18.5. The fourth-order valence-electron chi connectivity index (χ4n) is 5.36. The first-order valence-corrected chi connectivity index (χ1v) is 13.0. The molecule has 4 heterocycles. The number of hydrogen-bond acceptors (Lipinski definition) is 5. The van der Waals surface area contributed by atoms with Gasteiger partial charge in [-0.3, -0.25) is 10.00 Å². The van der Waals surface area contributed by atoms with E-state index in [-0.39, 0.29) is 17.3 Å². The van der Waals surface area contributed by atoms with Crippen LogP contribution in [0.25, 0.3) is 39.1 Å². The molecule has 2 aliphatic heterocycles. The molecule has 2 aliphatic rings. The summed E-state index contributed by atoms with van der Waals surface area (Å²) in [4.78, 5) is 24.0. The first-order valence-electron chi connectivity index (χ1n) is 13.0. The average Bonchev–Trinajstić information content (AvgIpc) is 3.68. The molecule has 0 unspecified atom stereocenters. The van der Waals surface area contributed by atoms with Gasteiger partial charge in [-0.25, -0.2) is 14.2 Å². The van der Waals surface area contributed by atoms with Crippen LogP contribution in [0, 0.1) is 5.82 Å². The predicted molar refractivity (Wildman–Crippen MR) is 144 cm³/mol. The zero-order valence-electron chi connectivity index (χ0n) is 21.2. The van der Waals surface area contributed by atoms with Crippen LogP contribution < -0.4 is 5.32 Å². The number of imidazole rings is 1. The molecule has 0 bridgehead atoms. The normalized spacial score (nSPS) is 16.3. The van der Waals surface area contributed by atoms with Crippen molar-refractivity contribution < 1.29 is 14.3 Å². The maximum Gasteiger partial charge on any atom is 0.317 e. The minimum atomic E-state index is -0.408. The number of aryl methyl sites for hydroxylation is 1. The fourth-order valence-corrected chi connectivity index (χ4v) is 5.36. The maximum absolute atomic E-state index is 15.6. The molecule has 0 radical (unpaired) electrons. The van der Waals surface area contributed by atoms with Gasteiger partial charge in [-0.1, -0.05) is 25.1 Å². The second kappa shape index (κ2) is 9.94. The molecule has 10 heteroatoms. The highest BCUT2D eigenvalue weighted by Crippen LogP contribution is 2.35. The van der Waals surface area contributed by atoms with Gasteiger partial charge in [-0.2, -0.15) is 5.10 Å².